The zero-order valence-corrected chi connectivity index (χ0v) is 15.9. The van der Waals surface area contributed by atoms with E-state index in [2.05, 4.69) is 10.6 Å². The normalized spacial score (nSPS) is 18.3. The van der Waals surface area contributed by atoms with E-state index in [0.29, 0.717) is 37.4 Å². The third kappa shape index (κ3) is 5.29. The summed E-state index contributed by atoms with van der Waals surface area (Å²) < 4.78 is 0. The Morgan fingerprint density at radius 1 is 1.04 bits per heavy atom. The van der Waals surface area contributed by atoms with Crippen LogP contribution in [0.15, 0.2) is 24.3 Å². The summed E-state index contributed by atoms with van der Waals surface area (Å²) in [5.41, 5.74) is 1.04. The summed E-state index contributed by atoms with van der Waals surface area (Å²) >= 11 is 0. The van der Waals surface area contributed by atoms with Crippen LogP contribution in [0.2, 0.25) is 0 Å². The van der Waals surface area contributed by atoms with Gasteiger partial charge in [0.2, 0.25) is 11.8 Å². The third-order valence-electron chi connectivity index (χ3n) is 5.32. The monoisotopic (exact) mass is 372 g/mol. The van der Waals surface area contributed by atoms with Gasteiger partial charge < -0.3 is 15.5 Å². The van der Waals surface area contributed by atoms with Crippen LogP contribution in [-0.2, 0) is 9.59 Å². The molecule has 2 N–H and O–H groups in total. The van der Waals surface area contributed by atoms with Gasteiger partial charge in [0, 0.05) is 39.1 Å². The number of hydrogen-bond acceptors (Lipinski definition) is 4. The van der Waals surface area contributed by atoms with Crippen LogP contribution in [0.25, 0.3) is 0 Å². The minimum atomic E-state index is -0.146. The molecule has 27 heavy (non-hydrogen) atoms. The number of carbonyl (C=O) groups is 3. The van der Waals surface area contributed by atoms with Crippen molar-refractivity contribution in [1.82, 2.24) is 15.1 Å². The molecule has 1 saturated heterocycles. The lowest BCUT2D eigenvalue weighted by Gasteiger charge is -2.33. The van der Waals surface area contributed by atoms with Crippen molar-refractivity contribution in [1.29, 1.82) is 0 Å². The number of carbonyl (C=O) groups excluding carboxylic acids is 3. The van der Waals surface area contributed by atoms with Crippen LogP contribution in [0.3, 0.4) is 0 Å². The van der Waals surface area contributed by atoms with Gasteiger partial charge in [-0.2, -0.15) is 0 Å². The Bertz CT molecular complexity index is 692. The van der Waals surface area contributed by atoms with Gasteiger partial charge in [-0.1, -0.05) is 25.0 Å². The summed E-state index contributed by atoms with van der Waals surface area (Å²) in [7, 11) is 0. The van der Waals surface area contributed by atoms with Crippen molar-refractivity contribution in [2.24, 2.45) is 0 Å². The van der Waals surface area contributed by atoms with E-state index in [1.54, 1.807) is 30.0 Å². The lowest BCUT2D eigenvalue weighted by Crippen LogP contribution is -2.49. The first-order valence-electron chi connectivity index (χ1n) is 9.70. The molecule has 2 aliphatic rings. The van der Waals surface area contributed by atoms with Crippen molar-refractivity contribution in [3.8, 4) is 0 Å². The Morgan fingerprint density at radius 2 is 1.70 bits per heavy atom. The molecule has 1 saturated carbocycles. The molecule has 1 aromatic rings. The molecule has 1 aromatic carbocycles. The summed E-state index contributed by atoms with van der Waals surface area (Å²) in [6.07, 6.45) is 4.35. The van der Waals surface area contributed by atoms with E-state index in [4.69, 9.17) is 0 Å². The van der Waals surface area contributed by atoms with Crippen LogP contribution in [0, 0.1) is 0 Å². The van der Waals surface area contributed by atoms with E-state index >= 15 is 0 Å². The van der Waals surface area contributed by atoms with Gasteiger partial charge in [0.25, 0.3) is 5.91 Å². The maximum atomic E-state index is 12.6. The highest BCUT2D eigenvalue weighted by molar-refractivity contribution is 6.04. The molecule has 2 fully saturated rings. The Balaban J connectivity index is 1.55. The number of amides is 3. The van der Waals surface area contributed by atoms with E-state index in [-0.39, 0.29) is 30.3 Å². The predicted molar refractivity (Wildman–Crippen MR) is 103 cm³/mol. The maximum Gasteiger partial charge on any atom is 0.253 e. The van der Waals surface area contributed by atoms with Crippen molar-refractivity contribution in [2.45, 2.75) is 38.6 Å². The molecule has 3 rings (SSSR count). The van der Waals surface area contributed by atoms with Crippen LogP contribution >= 0.6 is 0 Å². The highest BCUT2D eigenvalue weighted by Crippen LogP contribution is 2.20. The Morgan fingerprint density at radius 3 is 2.37 bits per heavy atom. The number of benzene rings is 1. The largest absolute Gasteiger partial charge is 0.349 e. The van der Waals surface area contributed by atoms with Crippen molar-refractivity contribution in [3.63, 3.8) is 0 Å². The Hall–Kier alpha value is -2.41. The Labute approximate surface area is 160 Å². The fourth-order valence-electron chi connectivity index (χ4n) is 3.74. The van der Waals surface area contributed by atoms with Crippen LogP contribution < -0.4 is 10.6 Å². The lowest BCUT2D eigenvalue weighted by atomic mass is 10.1. The third-order valence-corrected chi connectivity index (χ3v) is 5.32. The van der Waals surface area contributed by atoms with Crippen molar-refractivity contribution >= 4 is 23.4 Å². The van der Waals surface area contributed by atoms with E-state index in [0.717, 1.165) is 25.7 Å². The first kappa shape index (κ1) is 19.4. The highest BCUT2D eigenvalue weighted by Gasteiger charge is 2.22. The first-order valence-corrected chi connectivity index (χ1v) is 9.70. The van der Waals surface area contributed by atoms with Gasteiger partial charge in [0.1, 0.15) is 0 Å². The number of nitrogens with one attached hydrogen (secondary N) is 2. The molecule has 1 aliphatic heterocycles. The quantitative estimate of drug-likeness (QED) is 0.820. The fraction of sp³-hybridized carbons (Fsp3) is 0.550. The highest BCUT2D eigenvalue weighted by atomic mass is 16.2. The molecule has 0 atom stereocenters. The lowest BCUT2D eigenvalue weighted by molar-refractivity contribution is -0.130. The maximum absolute atomic E-state index is 12.6. The van der Waals surface area contributed by atoms with Crippen LogP contribution in [0.5, 0.6) is 0 Å². The second-order valence-electron chi connectivity index (χ2n) is 7.33. The van der Waals surface area contributed by atoms with Crippen LogP contribution in [0.1, 0.15) is 43.0 Å². The van der Waals surface area contributed by atoms with E-state index in [9.17, 15) is 14.4 Å². The predicted octanol–water partition coefficient (Wildman–Crippen LogP) is 1.46. The summed E-state index contributed by atoms with van der Waals surface area (Å²) in [6.45, 7) is 4.46. The summed E-state index contributed by atoms with van der Waals surface area (Å²) in [5, 5.41) is 5.94. The number of anilines is 1. The molecule has 0 spiro atoms. The molecule has 146 valence electrons. The minimum Gasteiger partial charge on any atom is -0.349 e. The molecular formula is C20H28N4O3. The molecule has 1 aliphatic carbocycles. The topological polar surface area (TPSA) is 81.8 Å². The molecule has 1 heterocycles. The van der Waals surface area contributed by atoms with Gasteiger partial charge in [-0.25, -0.2) is 0 Å². The van der Waals surface area contributed by atoms with Crippen LogP contribution in [-0.4, -0.2) is 66.3 Å². The van der Waals surface area contributed by atoms with Gasteiger partial charge in [-0.05, 0) is 25.0 Å². The van der Waals surface area contributed by atoms with Crippen molar-refractivity contribution < 1.29 is 14.4 Å². The number of nitrogens with zero attached hydrogens (tertiary/aromatic N) is 2. The SMILES string of the molecule is CC(=O)N1CCN(CC(=O)Nc2ccccc2C(=O)NC2CCCC2)CC1. The van der Waals surface area contributed by atoms with E-state index in [1.165, 1.54) is 0 Å². The average molecular weight is 372 g/mol. The average Bonchev–Trinajstić information content (AvgIpc) is 3.15. The molecule has 0 aromatic heterocycles. The van der Waals surface area contributed by atoms with E-state index in [1.807, 2.05) is 11.0 Å². The second kappa shape index (κ2) is 8.99. The zero-order chi connectivity index (χ0) is 19.2. The first-order chi connectivity index (χ1) is 13.0. The minimum absolute atomic E-state index is 0.0707. The molecule has 7 nitrogen and oxygen atoms in total. The number of para-hydroxylation sites is 1. The van der Waals surface area contributed by atoms with Gasteiger partial charge in [0.15, 0.2) is 0 Å². The fourth-order valence-corrected chi connectivity index (χ4v) is 3.74. The van der Waals surface area contributed by atoms with Crippen molar-refractivity contribution in [3.05, 3.63) is 29.8 Å². The number of rotatable bonds is 5. The van der Waals surface area contributed by atoms with Gasteiger partial charge in [0.05, 0.1) is 17.8 Å². The van der Waals surface area contributed by atoms with Gasteiger partial charge in [-0.15, -0.1) is 0 Å². The number of hydrogen-bond donors (Lipinski definition) is 2. The molecular weight excluding hydrogens is 344 g/mol. The Kier molecular flexibility index (Phi) is 6.45. The van der Waals surface area contributed by atoms with Gasteiger partial charge in [-0.3, -0.25) is 19.3 Å². The second-order valence-corrected chi connectivity index (χ2v) is 7.33. The molecule has 0 unspecified atom stereocenters. The summed E-state index contributed by atoms with van der Waals surface area (Å²) in [4.78, 5) is 40.2. The van der Waals surface area contributed by atoms with Gasteiger partial charge >= 0.3 is 0 Å². The summed E-state index contributed by atoms with van der Waals surface area (Å²) in [5.74, 6) is -0.207. The van der Waals surface area contributed by atoms with E-state index < -0.39 is 0 Å². The van der Waals surface area contributed by atoms with Crippen LogP contribution in [0.4, 0.5) is 5.69 Å². The smallest absolute Gasteiger partial charge is 0.253 e. The molecule has 0 radical (unpaired) electrons. The molecule has 3 amide bonds. The summed E-state index contributed by atoms with van der Waals surface area (Å²) in [6, 6.07) is 7.35. The number of piperazine rings is 1. The zero-order valence-electron chi connectivity index (χ0n) is 15.9. The molecule has 0 bridgehead atoms. The molecule has 7 heteroatoms. The van der Waals surface area contributed by atoms with Crippen molar-refractivity contribution in [2.75, 3.05) is 38.0 Å². The standard InChI is InChI=1S/C20H28N4O3/c1-15(25)24-12-10-23(11-13-24)14-19(26)22-18-9-5-4-8-17(18)20(27)21-16-6-2-3-7-16/h4-5,8-9,16H,2-3,6-7,10-14H2,1H3,(H,21,27)(H,22,26).